The van der Waals surface area contributed by atoms with Crippen molar-refractivity contribution in [3.63, 3.8) is 0 Å². The Morgan fingerprint density at radius 1 is 1.07 bits per heavy atom. The summed E-state index contributed by atoms with van der Waals surface area (Å²) in [5.74, 6) is -0.809. The summed E-state index contributed by atoms with van der Waals surface area (Å²) in [7, 11) is -2.68. The molecule has 1 rings (SSSR count). The quantitative estimate of drug-likeness (QED) is 0.570. The maximum Gasteiger partial charge on any atom is 0.344 e. The topological polar surface area (TPSA) is 99.2 Å². The van der Waals surface area contributed by atoms with E-state index in [9.17, 15) is 18.0 Å². The summed E-state index contributed by atoms with van der Waals surface area (Å²) in [5, 5.41) is 0. The maximum atomic E-state index is 12.9. The fourth-order valence-corrected chi connectivity index (χ4v) is 3.78. The highest BCUT2D eigenvalue weighted by Gasteiger charge is 2.27. The van der Waals surface area contributed by atoms with Crippen LogP contribution in [-0.2, 0) is 29.1 Å². The first-order valence-corrected chi connectivity index (χ1v) is 10.3. The lowest BCUT2D eigenvalue weighted by Crippen LogP contribution is -2.38. The first-order valence-electron chi connectivity index (χ1n) is 8.87. The fourth-order valence-electron chi connectivity index (χ4n) is 2.23. The van der Waals surface area contributed by atoms with E-state index in [0.717, 1.165) is 4.31 Å². The SMILES string of the molecule is COC(=O)CN(CC(C)C)S(=O)(=O)c1ccc(OCC(=O)OC(C)(C)C)cc1. The number of carbonyl (C=O) groups excluding carboxylic acids is 2. The minimum atomic E-state index is -3.89. The Kier molecular flexibility index (Phi) is 8.44. The Balaban J connectivity index is 2.88. The third-order valence-corrected chi connectivity index (χ3v) is 5.17. The van der Waals surface area contributed by atoms with Crippen molar-refractivity contribution >= 4 is 22.0 Å². The molecule has 8 nitrogen and oxygen atoms in total. The number of hydrogen-bond donors (Lipinski definition) is 0. The summed E-state index contributed by atoms with van der Waals surface area (Å²) in [4.78, 5) is 23.3. The molecule has 0 aliphatic rings. The van der Waals surface area contributed by atoms with Crippen molar-refractivity contribution in [2.45, 2.75) is 45.1 Å². The Hall–Kier alpha value is -2.13. The second kappa shape index (κ2) is 9.88. The summed E-state index contributed by atoms with van der Waals surface area (Å²) in [5.41, 5.74) is -0.613. The highest BCUT2D eigenvalue weighted by molar-refractivity contribution is 7.89. The van der Waals surface area contributed by atoms with Gasteiger partial charge in [-0.2, -0.15) is 4.31 Å². The van der Waals surface area contributed by atoms with Crippen LogP contribution in [0.1, 0.15) is 34.6 Å². The molecule has 0 unspecified atom stereocenters. The molecule has 0 fully saturated rings. The van der Waals surface area contributed by atoms with Crippen LogP contribution in [0, 0.1) is 5.92 Å². The second-order valence-electron chi connectivity index (χ2n) is 7.61. The first kappa shape index (κ1) is 23.9. The van der Waals surface area contributed by atoms with Gasteiger partial charge in [-0.05, 0) is 51.0 Å². The van der Waals surface area contributed by atoms with Gasteiger partial charge in [-0.25, -0.2) is 13.2 Å². The Morgan fingerprint density at radius 3 is 2.11 bits per heavy atom. The van der Waals surface area contributed by atoms with E-state index in [1.54, 1.807) is 20.8 Å². The number of benzene rings is 1. The smallest absolute Gasteiger partial charge is 0.344 e. The number of rotatable bonds is 9. The van der Waals surface area contributed by atoms with Crippen LogP contribution < -0.4 is 4.74 Å². The number of nitrogens with zero attached hydrogens (tertiary/aromatic N) is 1. The number of methoxy groups -OCH3 is 1. The van der Waals surface area contributed by atoms with Gasteiger partial charge in [0.2, 0.25) is 10.0 Å². The van der Waals surface area contributed by atoms with Gasteiger partial charge in [0, 0.05) is 6.54 Å². The molecule has 0 saturated heterocycles. The first-order chi connectivity index (χ1) is 12.8. The molecule has 158 valence electrons. The standard InChI is InChI=1S/C19H29NO7S/c1-14(2)11-20(12-17(21)25-6)28(23,24)16-9-7-15(8-10-16)26-13-18(22)27-19(3,4)5/h7-10,14H,11-13H2,1-6H3. The lowest BCUT2D eigenvalue weighted by molar-refractivity contribution is -0.157. The van der Waals surface area contributed by atoms with Gasteiger partial charge in [0.05, 0.1) is 12.0 Å². The zero-order valence-electron chi connectivity index (χ0n) is 17.2. The molecule has 0 amide bonds. The van der Waals surface area contributed by atoms with E-state index in [1.807, 2.05) is 13.8 Å². The zero-order valence-corrected chi connectivity index (χ0v) is 18.0. The van der Waals surface area contributed by atoms with E-state index in [1.165, 1.54) is 31.4 Å². The molecule has 1 aromatic rings. The summed E-state index contributed by atoms with van der Waals surface area (Å²) in [6.07, 6.45) is 0. The maximum absolute atomic E-state index is 12.9. The normalized spacial score (nSPS) is 12.1. The van der Waals surface area contributed by atoms with Gasteiger partial charge in [0.15, 0.2) is 6.61 Å². The van der Waals surface area contributed by atoms with Crippen LogP contribution in [0.3, 0.4) is 0 Å². The molecule has 0 spiro atoms. The number of carbonyl (C=O) groups is 2. The van der Waals surface area contributed by atoms with Crippen molar-refractivity contribution < 1.29 is 32.2 Å². The molecule has 0 aliphatic heterocycles. The van der Waals surface area contributed by atoms with Gasteiger partial charge < -0.3 is 14.2 Å². The minimum absolute atomic E-state index is 0.0154. The second-order valence-corrected chi connectivity index (χ2v) is 9.55. The van der Waals surface area contributed by atoms with Gasteiger partial charge in [0.1, 0.15) is 17.9 Å². The average Bonchev–Trinajstić information content (AvgIpc) is 2.57. The molecule has 0 aromatic heterocycles. The number of hydrogen-bond acceptors (Lipinski definition) is 7. The summed E-state index contributed by atoms with van der Waals surface area (Å²) in [6.45, 7) is 8.49. The minimum Gasteiger partial charge on any atom is -0.482 e. The molecule has 0 N–H and O–H groups in total. The van der Waals surface area contributed by atoms with Crippen molar-refractivity contribution in [3.8, 4) is 5.75 Å². The van der Waals surface area contributed by atoms with E-state index in [2.05, 4.69) is 4.74 Å². The number of esters is 2. The highest BCUT2D eigenvalue weighted by Crippen LogP contribution is 2.21. The summed E-state index contributed by atoms with van der Waals surface area (Å²) in [6, 6.07) is 5.63. The van der Waals surface area contributed by atoms with Gasteiger partial charge in [-0.15, -0.1) is 0 Å². The van der Waals surface area contributed by atoms with E-state index in [0.29, 0.717) is 5.75 Å². The predicted molar refractivity (Wildman–Crippen MR) is 103 cm³/mol. The molecule has 0 atom stereocenters. The molecule has 0 heterocycles. The van der Waals surface area contributed by atoms with E-state index < -0.39 is 27.6 Å². The third kappa shape index (κ3) is 7.85. The van der Waals surface area contributed by atoms with Crippen LogP contribution in [0.25, 0.3) is 0 Å². The Bertz CT molecular complexity index is 764. The highest BCUT2D eigenvalue weighted by atomic mass is 32.2. The van der Waals surface area contributed by atoms with E-state index >= 15 is 0 Å². The van der Waals surface area contributed by atoms with Crippen LogP contribution in [-0.4, -0.2) is 57.1 Å². The fraction of sp³-hybridized carbons (Fsp3) is 0.579. The molecule has 0 saturated carbocycles. The summed E-state index contributed by atoms with van der Waals surface area (Å²) >= 11 is 0. The van der Waals surface area contributed by atoms with Crippen LogP contribution >= 0.6 is 0 Å². The average molecular weight is 416 g/mol. The largest absolute Gasteiger partial charge is 0.482 e. The van der Waals surface area contributed by atoms with Gasteiger partial charge in [-0.1, -0.05) is 13.8 Å². The molecular formula is C19H29NO7S. The van der Waals surface area contributed by atoms with Crippen molar-refractivity contribution in [2.24, 2.45) is 5.92 Å². The molecule has 9 heteroatoms. The van der Waals surface area contributed by atoms with E-state index in [-0.39, 0.29) is 30.5 Å². The molecule has 28 heavy (non-hydrogen) atoms. The van der Waals surface area contributed by atoms with Crippen LogP contribution in [0.5, 0.6) is 5.75 Å². The van der Waals surface area contributed by atoms with Gasteiger partial charge >= 0.3 is 11.9 Å². The van der Waals surface area contributed by atoms with E-state index in [4.69, 9.17) is 9.47 Å². The van der Waals surface area contributed by atoms with Gasteiger partial charge in [0.25, 0.3) is 0 Å². The van der Waals surface area contributed by atoms with Crippen molar-refractivity contribution in [1.29, 1.82) is 0 Å². The van der Waals surface area contributed by atoms with Crippen LogP contribution in [0.15, 0.2) is 29.2 Å². The van der Waals surface area contributed by atoms with Gasteiger partial charge in [-0.3, -0.25) is 4.79 Å². The van der Waals surface area contributed by atoms with Crippen molar-refractivity contribution in [1.82, 2.24) is 4.31 Å². The van der Waals surface area contributed by atoms with Crippen LogP contribution in [0.2, 0.25) is 0 Å². The lowest BCUT2D eigenvalue weighted by Gasteiger charge is -2.23. The number of sulfonamides is 1. The molecule has 1 aromatic carbocycles. The van der Waals surface area contributed by atoms with Crippen LogP contribution in [0.4, 0.5) is 0 Å². The molecule has 0 aliphatic carbocycles. The summed E-state index contributed by atoms with van der Waals surface area (Å²) < 4.78 is 41.9. The number of ether oxygens (including phenoxy) is 3. The molecule has 0 bridgehead atoms. The monoisotopic (exact) mass is 415 g/mol. The molecular weight excluding hydrogens is 386 g/mol. The Morgan fingerprint density at radius 2 is 1.64 bits per heavy atom. The Labute approximate surface area is 166 Å². The van der Waals surface area contributed by atoms with Crippen molar-refractivity contribution in [3.05, 3.63) is 24.3 Å². The third-order valence-electron chi connectivity index (χ3n) is 3.34. The van der Waals surface area contributed by atoms with Crippen molar-refractivity contribution in [2.75, 3.05) is 26.8 Å². The lowest BCUT2D eigenvalue weighted by atomic mass is 10.2. The molecule has 0 radical (unpaired) electrons. The zero-order chi connectivity index (χ0) is 21.5. The predicted octanol–water partition coefficient (Wildman–Crippen LogP) is 2.23.